The number of ether oxygens (including phenoxy) is 1. The number of halogens is 11. The van der Waals surface area contributed by atoms with E-state index in [0.717, 1.165) is 0 Å². The highest BCUT2D eigenvalue weighted by Gasteiger charge is 2.62. The molecular formula is C6H3F11O. The molecule has 12 heteroatoms. The number of hydrogen-bond acceptors (Lipinski definition) is 1. The Morgan fingerprint density at radius 3 is 1.22 bits per heavy atom. The summed E-state index contributed by atoms with van der Waals surface area (Å²) < 4.78 is 132. The summed E-state index contributed by atoms with van der Waals surface area (Å²) in [5, 5.41) is 0. The molecule has 0 fully saturated rings. The summed E-state index contributed by atoms with van der Waals surface area (Å²) >= 11 is 0. The quantitative estimate of drug-likeness (QED) is 0.715. The van der Waals surface area contributed by atoms with Crippen LogP contribution in [0.1, 0.15) is 6.42 Å². The summed E-state index contributed by atoms with van der Waals surface area (Å²) in [7, 11) is 0. The van der Waals surface area contributed by atoms with Gasteiger partial charge in [-0.15, -0.1) is 0 Å². The molecule has 0 saturated carbocycles. The molecule has 0 aliphatic carbocycles. The van der Waals surface area contributed by atoms with Crippen LogP contribution in [0.15, 0.2) is 0 Å². The maximum atomic E-state index is 12.3. The summed E-state index contributed by atoms with van der Waals surface area (Å²) in [6, 6.07) is 0. The van der Waals surface area contributed by atoms with E-state index in [9.17, 15) is 48.3 Å². The van der Waals surface area contributed by atoms with Gasteiger partial charge in [0.1, 0.15) is 6.42 Å². The topological polar surface area (TPSA) is 9.23 Å². The van der Waals surface area contributed by atoms with Crippen LogP contribution in [-0.4, -0.2) is 30.7 Å². The van der Waals surface area contributed by atoms with E-state index in [-0.39, 0.29) is 0 Å². The Balaban J connectivity index is 5.01. The molecule has 0 bridgehead atoms. The van der Waals surface area contributed by atoms with Gasteiger partial charge in [0.25, 0.3) is 6.10 Å². The lowest BCUT2D eigenvalue weighted by atomic mass is 10.3. The van der Waals surface area contributed by atoms with Gasteiger partial charge in [0, 0.05) is 0 Å². The highest BCUT2D eigenvalue weighted by Crippen LogP contribution is 2.41. The predicted molar refractivity (Wildman–Crippen MR) is 32.6 cm³/mol. The summed E-state index contributed by atoms with van der Waals surface area (Å²) in [5.41, 5.74) is 0. The van der Waals surface area contributed by atoms with Crippen molar-refractivity contribution in [1.82, 2.24) is 0 Å². The van der Waals surface area contributed by atoms with Gasteiger partial charge in [-0.05, 0) is 0 Å². The smallest absolute Gasteiger partial charge is 0.297 e. The first kappa shape index (κ1) is 17.2. The maximum absolute atomic E-state index is 12.3. The van der Waals surface area contributed by atoms with Gasteiger partial charge in [-0.3, -0.25) is 4.74 Å². The molecule has 0 radical (unpaired) electrons. The molecule has 1 nitrogen and oxygen atoms in total. The van der Waals surface area contributed by atoms with Crippen molar-refractivity contribution in [3.05, 3.63) is 0 Å². The third-order valence-corrected chi connectivity index (χ3v) is 1.29. The van der Waals surface area contributed by atoms with E-state index in [1.54, 1.807) is 0 Å². The predicted octanol–water partition coefficient (Wildman–Crippen LogP) is 4.04. The first-order chi connectivity index (χ1) is 7.55. The van der Waals surface area contributed by atoms with Crippen LogP contribution < -0.4 is 0 Å². The van der Waals surface area contributed by atoms with Crippen LogP contribution in [0.2, 0.25) is 0 Å². The molecule has 0 aromatic heterocycles. The lowest BCUT2D eigenvalue weighted by molar-refractivity contribution is -0.399. The monoisotopic (exact) mass is 300 g/mol. The van der Waals surface area contributed by atoms with Crippen LogP contribution in [-0.2, 0) is 4.74 Å². The molecular weight excluding hydrogens is 297 g/mol. The fourth-order valence-corrected chi connectivity index (χ4v) is 0.767. The van der Waals surface area contributed by atoms with Gasteiger partial charge in [0.2, 0.25) is 0 Å². The Morgan fingerprint density at radius 1 is 0.667 bits per heavy atom. The van der Waals surface area contributed by atoms with E-state index in [1.165, 1.54) is 0 Å². The van der Waals surface area contributed by atoms with Gasteiger partial charge in [0.15, 0.2) is 0 Å². The molecule has 0 rings (SSSR count). The fourth-order valence-electron chi connectivity index (χ4n) is 0.767. The molecule has 110 valence electrons. The second-order valence-corrected chi connectivity index (χ2v) is 3.01. The normalized spacial score (nSPS) is 15.3. The van der Waals surface area contributed by atoms with Crippen molar-refractivity contribution < 1.29 is 53.0 Å². The molecule has 0 spiro atoms. The van der Waals surface area contributed by atoms with E-state index in [1.807, 2.05) is 0 Å². The van der Waals surface area contributed by atoms with Crippen molar-refractivity contribution in [3.63, 3.8) is 0 Å². The Kier molecular flexibility index (Phi) is 4.49. The third kappa shape index (κ3) is 6.21. The zero-order valence-corrected chi connectivity index (χ0v) is 7.85. The molecule has 18 heavy (non-hydrogen) atoms. The van der Waals surface area contributed by atoms with Crippen LogP contribution in [0.5, 0.6) is 0 Å². The van der Waals surface area contributed by atoms with E-state index in [0.29, 0.717) is 0 Å². The van der Waals surface area contributed by atoms with Crippen molar-refractivity contribution in [3.8, 4) is 0 Å². The largest absolute Gasteiger partial charge is 0.423 e. The highest BCUT2D eigenvalue weighted by molar-refractivity contribution is 4.78. The minimum Gasteiger partial charge on any atom is -0.297 e. The lowest BCUT2D eigenvalue weighted by Crippen LogP contribution is -2.49. The van der Waals surface area contributed by atoms with Crippen molar-refractivity contribution >= 4 is 0 Å². The molecule has 0 saturated heterocycles. The molecule has 0 amide bonds. The maximum Gasteiger partial charge on any atom is 0.423 e. The molecule has 0 unspecified atom stereocenters. The van der Waals surface area contributed by atoms with Crippen LogP contribution in [0.4, 0.5) is 48.3 Å². The van der Waals surface area contributed by atoms with Gasteiger partial charge < -0.3 is 0 Å². The van der Waals surface area contributed by atoms with E-state index in [2.05, 4.69) is 4.74 Å². The van der Waals surface area contributed by atoms with Crippen molar-refractivity contribution in [1.29, 1.82) is 0 Å². The zero-order chi connectivity index (χ0) is 15.0. The third-order valence-electron chi connectivity index (χ3n) is 1.29. The van der Waals surface area contributed by atoms with Gasteiger partial charge in [-0.1, -0.05) is 0 Å². The van der Waals surface area contributed by atoms with Crippen molar-refractivity contribution in [2.45, 2.75) is 37.2 Å². The summed E-state index contributed by atoms with van der Waals surface area (Å²) in [6.45, 7) is 0. The van der Waals surface area contributed by atoms with Crippen molar-refractivity contribution in [2.75, 3.05) is 0 Å². The van der Waals surface area contributed by atoms with E-state index < -0.39 is 37.2 Å². The van der Waals surface area contributed by atoms with E-state index >= 15 is 0 Å². The minimum atomic E-state index is -6.31. The molecule has 0 aromatic carbocycles. The molecule has 0 aromatic rings. The van der Waals surface area contributed by atoms with Crippen LogP contribution in [0.3, 0.4) is 0 Å². The number of rotatable bonds is 3. The Bertz CT molecular complexity index is 257. The molecule has 0 heterocycles. The van der Waals surface area contributed by atoms with Gasteiger partial charge >= 0.3 is 24.6 Å². The van der Waals surface area contributed by atoms with Gasteiger partial charge in [0.05, 0.1) is 0 Å². The van der Waals surface area contributed by atoms with Gasteiger partial charge in [-0.25, -0.2) is 0 Å². The molecule has 0 aliphatic rings. The minimum absolute atomic E-state index is 2.24. The Labute approximate surface area is 91.5 Å². The van der Waals surface area contributed by atoms with Crippen molar-refractivity contribution in [2.24, 2.45) is 0 Å². The number of alkyl halides is 11. The second-order valence-electron chi connectivity index (χ2n) is 3.01. The SMILES string of the molecule is FC(F)(F)CC(F)(F)OC(C(F)(F)F)C(F)(F)F. The number of hydrogen-bond donors (Lipinski definition) is 0. The van der Waals surface area contributed by atoms with Crippen LogP contribution in [0.25, 0.3) is 0 Å². The summed E-state index contributed by atoms with van der Waals surface area (Å²) in [5.74, 6) is 0. The van der Waals surface area contributed by atoms with Gasteiger partial charge in [-0.2, -0.15) is 48.3 Å². The Hall–Kier alpha value is -0.810. The molecule has 0 atom stereocenters. The first-order valence-corrected chi connectivity index (χ1v) is 3.80. The lowest BCUT2D eigenvalue weighted by Gasteiger charge is -2.27. The summed E-state index contributed by atoms with van der Waals surface area (Å²) in [4.78, 5) is 0. The second kappa shape index (κ2) is 4.70. The average molecular weight is 300 g/mol. The Morgan fingerprint density at radius 2 is 1.00 bits per heavy atom. The molecule has 0 N–H and O–H groups in total. The average Bonchev–Trinajstić information content (AvgIpc) is 1.90. The van der Waals surface area contributed by atoms with Crippen LogP contribution >= 0.6 is 0 Å². The molecule has 0 aliphatic heterocycles. The van der Waals surface area contributed by atoms with Crippen LogP contribution in [0, 0.1) is 0 Å². The first-order valence-electron chi connectivity index (χ1n) is 3.80. The summed E-state index contributed by atoms with van der Waals surface area (Å²) in [6.07, 6.45) is -32.2. The fraction of sp³-hybridized carbons (Fsp3) is 1.00. The zero-order valence-electron chi connectivity index (χ0n) is 7.85. The standard InChI is InChI=1S/C6H3F11O/c7-3(8,9)1-4(10,11)18-2(5(12,13)14)6(15,16)17/h2H,1H2. The highest BCUT2D eigenvalue weighted by atomic mass is 19.4. The van der Waals surface area contributed by atoms with E-state index in [4.69, 9.17) is 0 Å².